The van der Waals surface area contributed by atoms with Crippen LogP contribution in [-0.4, -0.2) is 42.2 Å². The van der Waals surface area contributed by atoms with Crippen LogP contribution in [0, 0.1) is 0 Å². The van der Waals surface area contributed by atoms with E-state index in [2.05, 4.69) is 15.2 Å². The van der Waals surface area contributed by atoms with Gasteiger partial charge in [0.1, 0.15) is 11.7 Å². The van der Waals surface area contributed by atoms with Crippen molar-refractivity contribution in [2.75, 3.05) is 23.3 Å². The topological polar surface area (TPSA) is 57.3 Å². The zero-order valence-electron chi connectivity index (χ0n) is 11.4. The van der Waals surface area contributed by atoms with Crippen molar-refractivity contribution in [1.29, 1.82) is 0 Å². The minimum absolute atomic E-state index is 0.0140. The number of hydrogen-bond acceptors (Lipinski definition) is 4. The zero-order chi connectivity index (χ0) is 15.2. The van der Waals surface area contributed by atoms with Gasteiger partial charge in [-0.1, -0.05) is 0 Å². The number of hydrogen-bond donors (Lipinski definition) is 2. The van der Waals surface area contributed by atoms with E-state index < -0.39 is 18.1 Å². The number of carbonyl (C=O) groups excluding carboxylic acids is 1. The lowest BCUT2D eigenvalue weighted by Crippen LogP contribution is -2.43. The largest absolute Gasteiger partial charge is 0.408 e. The van der Waals surface area contributed by atoms with Crippen LogP contribution in [0.1, 0.15) is 23.8 Å². The summed E-state index contributed by atoms with van der Waals surface area (Å²) in [5, 5.41) is 5.13. The van der Waals surface area contributed by atoms with Crippen molar-refractivity contribution < 1.29 is 18.0 Å². The predicted octanol–water partition coefficient (Wildman–Crippen LogP) is 1.77. The highest BCUT2D eigenvalue weighted by Crippen LogP contribution is 2.34. The highest BCUT2D eigenvalue weighted by Gasteiger charge is 2.37. The number of anilines is 2. The first kappa shape index (κ1) is 14.0. The van der Waals surface area contributed by atoms with E-state index in [0.29, 0.717) is 5.82 Å². The quantitative estimate of drug-likeness (QED) is 0.874. The third-order valence-electron chi connectivity index (χ3n) is 3.81. The Bertz CT molecular complexity index is 575. The Morgan fingerprint density at radius 3 is 3.00 bits per heavy atom. The first-order valence-electron chi connectivity index (χ1n) is 6.74. The maximum absolute atomic E-state index is 12.5. The van der Waals surface area contributed by atoms with Crippen molar-refractivity contribution in [3.05, 3.63) is 17.8 Å². The Kier molecular flexibility index (Phi) is 3.18. The van der Waals surface area contributed by atoms with Crippen molar-refractivity contribution in [2.24, 2.45) is 0 Å². The Morgan fingerprint density at radius 1 is 1.52 bits per heavy atom. The van der Waals surface area contributed by atoms with Gasteiger partial charge in [0.15, 0.2) is 5.82 Å². The average molecular weight is 300 g/mol. The number of pyridine rings is 1. The monoisotopic (exact) mass is 300 g/mol. The molecule has 1 saturated heterocycles. The van der Waals surface area contributed by atoms with Crippen LogP contribution in [0.3, 0.4) is 0 Å². The zero-order valence-corrected chi connectivity index (χ0v) is 11.4. The van der Waals surface area contributed by atoms with E-state index in [9.17, 15) is 18.0 Å². The molecular weight excluding hydrogens is 285 g/mol. The van der Waals surface area contributed by atoms with Gasteiger partial charge >= 0.3 is 6.18 Å². The number of amides is 1. The van der Waals surface area contributed by atoms with Gasteiger partial charge in [-0.05, 0) is 25.5 Å². The van der Waals surface area contributed by atoms with Crippen LogP contribution in [0.5, 0.6) is 0 Å². The molecule has 0 saturated carbocycles. The standard InChI is InChI=1S/C13H15F3N4O/c1-7(13(14,15)16)17-12(21)9-2-3-10-11(19-9)18-8-4-5-20(10)6-8/h2-3,7-8H,4-6H2,1H3,(H,17,21)(H,18,19)/t7?,8-/m0/s1. The number of nitrogens with one attached hydrogen (secondary N) is 2. The molecule has 5 nitrogen and oxygen atoms in total. The summed E-state index contributed by atoms with van der Waals surface area (Å²) >= 11 is 0. The summed E-state index contributed by atoms with van der Waals surface area (Å²) < 4.78 is 37.4. The molecule has 1 aromatic heterocycles. The summed E-state index contributed by atoms with van der Waals surface area (Å²) in [6.07, 6.45) is -3.48. The van der Waals surface area contributed by atoms with Crippen LogP contribution in [0.4, 0.5) is 24.7 Å². The Hall–Kier alpha value is -1.99. The summed E-state index contributed by atoms with van der Waals surface area (Å²) in [5.74, 6) is -0.256. The fourth-order valence-corrected chi connectivity index (χ4v) is 2.58. The Morgan fingerprint density at radius 2 is 2.29 bits per heavy atom. The molecule has 2 N–H and O–H groups in total. The number of halogens is 3. The second kappa shape index (κ2) is 4.78. The normalized spacial score (nSPS) is 21.5. The predicted molar refractivity (Wildman–Crippen MR) is 71.5 cm³/mol. The second-order valence-electron chi connectivity index (χ2n) is 5.38. The smallest absolute Gasteiger partial charge is 0.366 e. The van der Waals surface area contributed by atoms with Gasteiger partial charge in [0, 0.05) is 19.1 Å². The molecule has 2 bridgehead atoms. The number of fused-ring (bicyclic) bond motifs is 4. The lowest BCUT2D eigenvalue weighted by molar-refractivity contribution is -0.149. The number of alkyl halides is 3. The van der Waals surface area contributed by atoms with Crippen LogP contribution < -0.4 is 15.5 Å². The highest BCUT2D eigenvalue weighted by atomic mass is 19.4. The van der Waals surface area contributed by atoms with Crippen molar-refractivity contribution in [1.82, 2.24) is 10.3 Å². The van der Waals surface area contributed by atoms with Crippen LogP contribution in [0.25, 0.3) is 0 Å². The molecule has 2 aliphatic rings. The Balaban J connectivity index is 1.78. The molecule has 3 heterocycles. The minimum atomic E-state index is -4.47. The minimum Gasteiger partial charge on any atom is -0.366 e. The van der Waals surface area contributed by atoms with E-state index in [1.165, 1.54) is 6.07 Å². The van der Waals surface area contributed by atoms with Crippen molar-refractivity contribution in [3.63, 3.8) is 0 Å². The molecule has 2 atom stereocenters. The SMILES string of the molecule is CC(NC(=O)c1ccc2c(n1)N[C@H]1CCN2C1)C(F)(F)F. The molecular formula is C13H15F3N4O. The molecule has 0 radical (unpaired) electrons. The summed E-state index contributed by atoms with van der Waals surface area (Å²) in [7, 11) is 0. The van der Waals surface area contributed by atoms with E-state index in [0.717, 1.165) is 32.1 Å². The van der Waals surface area contributed by atoms with Gasteiger partial charge in [-0.15, -0.1) is 0 Å². The van der Waals surface area contributed by atoms with Crippen LogP contribution >= 0.6 is 0 Å². The molecule has 0 spiro atoms. The summed E-state index contributed by atoms with van der Waals surface area (Å²) in [5.41, 5.74) is 0.879. The molecule has 1 fully saturated rings. The molecule has 1 unspecified atom stereocenters. The van der Waals surface area contributed by atoms with Crippen molar-refractivity contribution >= 4 is 17.4 Å². The molecule has 0 aromatic carbocycles. The first-order valence-corrected chi connectivity index (χ1v) is 6.74. The summed E-state index contributed by atoms with van der Waals surface area (Å²) in [6, 6.07) is 1.56. The molecule has 8 heteroatoms. The van der Waals surface area contributed by atoms with E-state index in [-0.39, 0.29) is 11.7 Å². The number of aromatic nitrogens is 1. The van der Waals surface area contributed by atoms with Crippen LogP contribution in [0.2, 0.25) is 0 Å². The van der Waals surface area contributed by atoms with E-state index >= 15 is 0 Å². The van der Waals surface area contributed by atoms with E-state index in [1.54, 1.807) is 6.07 Å². The lowest BCUT2D eigenvalue weighted by atomic mass is 10.2. The first-order chi connectivity index (χ1) is 9.84. The number of carbonyl (C=O) groups is 1. The fourth-order valence-electron chi connectivity index (χ4n) is 2.58. The maximum atomic E-state index is 12.5. The molecule has 114 valence electrons. The lowest BCUT2D eigenvalue weighted by Gasteiger charge is -2.28. The van der Waals surface area contributed by atoms with Gasteiger partial charge < -0.3 is 15.5 Å². The van der Waals surface area contributed by atoms with Gasteiger partial charge in [-0.2, -0.15) is 13.2 Å². The maximum Gasteiger partial charge on any atom is 0.408 e. The highest BCUT2D eigenvalue weighted by molar-refractivity contribution is 5.93. The molecule has 3 rings (SSSR count). The molecule has 1 aromatic rings. The van der Waals surface area contributed by atoms with E-state index in [1.807, 2.05) is 5.32 Å². The van der Waals surface area contributed by atoms with Gasteiger partial charge in [-0.3, -0.25) is 4.79 Å². The molecule has 1 amide bonds. The number of rotatable bonds is 2. The summed E-state index contributed by atoms with van der Waals surface area (Å²) in [4.78, 5) is 18.2. The average Bonchev–Trinajstić information content (AvgIpc) is 2.79. The third kappa shape index (κ3) is 2.62. The summed E-state index contributed by atoms with van der Waals surface area (Å²) in [6.45, 7) is 2.72. The van der Waals surface area contributed by atoms with Crippen LogP contribution in [0.15, 0.2) is 12.1 Å². The van der Waals surface area contributed by atoms with Crippen molar-refractivity contribution in [3.8, 4) is 0 Å². The van der Waals surface area contributed by atoms with Gasteiger partial charge in [0.05, 0.1) is 5.69 Å². The van der Waals surface area contributed by atoms with Gasteiger partial charge in [0.25, 0.3) is 5.91 Å². The van der Waals surface area contributed by atoms with Gasteiger partial charge in [-0.25, -0.2) is 4.98 Å². The molecule has 0 aliphatic carbocycles. The van der Waals surface area contributed by atoms with Crippen molar-refractivity contribution in [2.45, 2.75) is 31.6 Å². The van der Waals surface area contributed by atoms with Gasteiger partial charge in [0.2, 0.25) is 0 Å². The fraction of sp³-hybridized carbons (Fsp3) is 0.538. The van der Waals surface area contributed by atoms with E-state index in [4.69, 9.17) is 0 Å². The third-order valence-corrected chi connectivity index (χ3v) is 3.81. The second-order valence-corrected chi connectivity index (χ2v) is 5.38. The van der Waals surface area contributed by atoms with Crippen LogP contribution in [-0.2, 0) is 0 Å². The number of nitrogens with zero attached hydrogens (tertiary/aromatic N) is 2. The molecule has 2 aliphatic heterocycles. The molecule has 21 heavy (non-hydrogen) atoms. The Labute approximate surface area is 119 Å².